The summed E-state index contributed by atoms with van der Waals surface area (Å²) in [6.07, 6.45) is -0.919. The van der Waals surface area contributed by atoms with Crippen molar-refractivity contribution in [3.05, 3.63) is 65.5 Å². The lowest BCUT2D eigenvalue weighted by Crippen LogP contribution is -2.52. The minimum atomic E-state index is -2.93. The van der Waals surface area contributed by atoms with Gasteiger partial charge in [-0.15, -0.1) is 0 Å². The molecule has 25 heavy (non-hydrogen) atoms. The number of nitrogens with one attached hydrogen (secondary N) is 1. The fourth-order valence-corrected chi connectivity index (χ4v) is 4.75. The average Bonchev–Trinajstić information content (AvgIpc) is 2.59. The van der Waals surface area contributed by atoms with Crippen LogP contribution in [0.3, 0.4) is 0 Å². The van der Waals surface area contributed by atoms with Crippen LogP contribution in [-0.2, 0) is 4.57 Å². The van der Waals surface area contributed by atoms with Gasteiger partial charge in [-0.05, 0) is 26.0 Å². The fourth-order valence-electron chi connectivity index (χ4n) is 3.05. The van der Waals surface area contributed by atoms with Crippen molar-refractivity contribution < 1.29 is 14.4 Å². The number of benzene rings is 2. The monoisotopic (exact) mass is 356 g/mol. The third-order valence-electron chi connectivity index (χ3n) is 4.49. The second-order valence-electron chi connectivity index (χ2n) is 6.85. The van der Waals surface area contributed by atoms with Crippen LogP contribution in [0, 0.1) is 6.57 Å². The highest BCUT2D eigenvalue weighted by molar-refractivity contribution is 7.69. The summed E-state index contributed by atoms with van der Waals surface area (Å²) < 4.78 is 19.2. The highest BCUT2D eigenvalue weighted by Gasteiger charge is 2.44. The summed E-state index contributed by atoms with van der Waals surface area (Å²) >= 11 is 0. The normalized spacial score (nSPS) is 23.6. The van der Waals surface area contributed by atoms with Crippen LogP contribution in [-0.4, -0.2) is 23.5 Å². The minimum Gasteiger partial charge on any atom is -0.485 e. The van der Waals surface area contributed by atoms with Crippen molar-refractivity contribution in [1.29, 1.82) is 0 Å². The van der Waals surface area contributed by atoms with Crippen molar-refractivity contribution in [2.24, 2.45) is 0 Å². The maximum Gasteiger partial charge on any atom is 0.187 e. The zero-order valence-electron chi connectivity index (χ0n) is 14.4. The molecule has 0 radical (unpaired) electrons. The molecule has 1 heterocycles. The van der Waals surface area contributed by atoms with Gasteiger partial charge in [-0.1, -0.05) is 36.4 Å². The zero-order valence-corrected chi connectivity index (χ0v) is 15.3. The maximum absolute atomic E-state index is 13.3. The van der Waals surface area contributed by atoms with Crippen LogP contribution in [0.15, 0.2) is 48.5 Å². The molecular formula is C19H21N2O3P. The lowest BCUT2D eigenvalue weighted by molar-refractivity contribution is -0.0603. The molecule has 0 amide bonds. The van der Waals surface area contributed by atoms with Gasteiger partial charge in [0.1, 0.15) is 17.5 Å². The Kier molecular flexibility index (Phi) is 4.47. The molecule has 6 heteroatoms. The molecule has 1 aliphatic rings. The smallest absolute Gasteiger partial charge is 0.187 e. The minimum absolute atomic E-state index is 0.451. The first-order valence-corrected chi connectivity index (χ1v) is 10.2. The molecular weight excluding hydrogens is 335 g/mol. The summed E-state index contributed by atoms with van der Waals surface area (Å²) in [6, 6.07) is 13.6. The van der Waals surface area contributed by atoms with E-state index >= 15 is 0 Å². The van der Waals surface area contributed by atoms with Crippen LogP contribution in [0.4, 0.5) is 5.69 Å². The van der Waals surface area contributed by atoms with Gasteiger partial charge in [0, 0.05) is 17.5 Å². The third-order valence-corrected chi connectivity index (χ3v) is 6.55. The predicted molar refractivity (Wildman–Crippen MR) is 98.9 cm³/mol. The first kappa shape index (κ1) is 17.7. The Morgan fingerprint density at radius 2 is 1.92 bits per heavy atom. The van der Waals surface area contributed by atoms with Crippen LogP contribution in [0.1, 0.15) is 25.5 Å². The van der Waals surface area contributed by atoms with Crippen molar-refractivity contribution in [3.63, 3.8) is 0 Å². The van der Waals surface area contributed by atoms with Crippen molar-refractivity contribution >= 4 is 18.3 Å². The van der Waals surface area contributed by atoms with Gasteiger partial charge in [-0.3, -0.25) is 5.09 Å². The van der Waals surface area contributed by atoms with Gasteiger partial charge in [0.05, 0.1) is 12.6 Å². The molecule has 0 saturated heterocycles. The predicted octanol–water partition coefficient (Wildman–Crippen LogP) is 3.63. The van der Waals surface area contributed by atoms with Gasteiger partial charge in [0.25, 0.3) is 0 Å². The van der Waals surface area contributed by atoms with E-state index in [1.165, 1.54) is 0 Å². The van der Waals surface area contributed by atoms with E-state index in [-0.39, 0.29) is 0 Å². The first-order chi connectivity index (χ1) is 11.7. The Bertz CT molecular complexity index is 874. The third kappa shape index (κ3) is 3.34. The lowest BCUT2D eigenvalue weighted by atomic mass is 9.87. The number of nitrogens with zero attached hydrogens (tertiary/aromatic N) is 1. The van der Waals surface area contributed by atoms with Crippen molar-refractivity contribution in [2.75, 3.05) is 6.66 Å². The van der Waals surface area contributed by atoms with E-state index in [4.69, 9.17) is 11.3 Å². The molecule has 0 aliphatic carbocycles. The molecule has 0 bridgehead atoms. The number of aliphatic hydroxyl groups excluding tert-OH is 1. The number of ether oxygens (including phenoxy) is 1. The molecule has 0 fully saturated rings. The summed E-state index contributed by atoms with van der Waals surface area (Å²) in [5.41, 5.74) is 0.256. The Morgan fingerprint density at radius 3 is 2.56 bits per heavy atom. The van der Waals surface area contributed by atoms with Crippen LogP contribution in [0.2, 0.25) is 0 Å². The van der Waals surface area contributed by atoms with Gasteiger partial charge in [0.2, 0.25) is 0 Å². The second kappa shape index (κ2) is 6.31. The van der Waals surface area contributed by atoms with Crippen LogP contribution in [0.5, 0.6) is 5.75 Å². The van der Waals surface area contributed by atoms with Gasteiger partial charge >= 0.3 is 0 Å². The molecule has 3 atom stereocenters. The fraction of sp³-hybridized carbons (Fsp3) is 0.316. The van der Waals surface area contributed by atoms with Gasteiger partial charge in [0.15, 0.2) is 13.0 Å². The Balaban J connectivity index is 2.05. The summed E-state index contributed by atoms with van der Waals surface area (Å²) in [7, 11) is -2.93. The SMILES string of the molecule is [C-]#[N+]c1ccc2c(c1)[C@@H](NP(C)(=O)c1ccccc1)[C@H](O)C(C)(C)O2. The molecule has 0 saturated carbocycles. The number of rotatable bonds is 3. The lowest BCUT2D eigenvalue weighted by Gasteiger charge is -2.43. The molecule has 0 spiro atoms. The average molecular weight is 356 g/mol. The van der Waals surface area contributed by atoms with Crippen LogP contribution >= 0.6 is 7.29 Å². The molecule has 2 aromatic rings. The molecule has 130 valence electrons. The van der Waals surface area contributed by atoms with E-state index < -0.39 is 25.0 Å². The molecule has 0 aromatic heterocycles. The highest BCUT2D eigenvalue weighted by atomic mass is 31.2. The number of fused-ring (bicyclic) bond motifs is 1. The van der Waals surface area contributed by atoms with Crippen LogP contribution in [0.25, 0.3) is 4.85 Å². The number of aliphatic hydroxyl groups is 1. The summed E-state index contributed by atoms with van der Waals surface area (Å²) in [5, 5.41) is 14.7. The van der Waals surface area contributed by atoms with Crippen molar-refractivity contribution in [1.82, 2.24) is 5.09 Å². The van der Waals surface area contributed by atoms with Crippen molar-refractivity contribution in [2.45, 2.75) is 31.6 Å². The first-order valence-electron chi connectivity index (χ1n) is 8.04. The van der Waals surface area contributed by atoms with Gasteiger partial charge in [-0.2, -0.15) is 0 Å². The summed E-state index contributed by atoms with van der Waals surface area (Å²) in [6.45, 7) is 12.5. The Morgan fingerprint density at radius 1 is 1.24 bits per heavy atom. The largest absolute Gasteiger partial charge is 0.485 e. The molecule has 2 aromatic carbocycles. The summed E-state index contributed by atoms with van der Waals surface area (Å²) in [4.78, 5) is 3.45. The topological polar surface area (TPSA) is 62.9 Å². The molecule has 2 N–H and O–H groups in total. The molecule has 1 aliphatic heterocycles. The highest BCUT2D eigenvalue weighted by Crippen LogP contribution is 2.47. The zero-order chi connectivity index (χ0) is 18.2. The summed E-state index contributed by atoms with van der Waals surface area (Å²) in [5.74, 6) is 0.591. The van der Waals surface area contributed by atoms with E-state index in [0.717, 1.165) is 0 Å². The second-order valence-corrected chi connectivity index (χ2v) is 9.47. The Labute approximate surface area is 147 Å². The van der Waals surface area contributed by atoms with Gasteiger partial charge < -0.3 is 14.4 Å². The Hall–Kier alpha value is -2.12. The molecule has 1 unspecified atom stereocenters. The number of hydrogen-bond donors (Lipinski definition) is 2. The molecule has 5 nitrogen and oxygen atoms in total. The van der Waals surface area contributed by atoms with E-state index in [1.54, 1.807) is 50.8 Å². The van der Waals surface area contributed by atoms with E-state index in [2.05, 4.69) is 9.93 Å². The standard InChI is InChI=1S/C19H21N2O3P/c1-19(2)18(22)17(15-12-13(20-3)10-11-16(15)24-19)21-25(4,23)14-8-6-5-7-9-14/h5-12,17-18,22H,1-2,4H3,(H,21,23)/t17-,18+,25?/m1/s1. The van der Waals surface area contributed by atoms with E-state index in [0.29, 0.717) is 22.3 Å². The van der Waals surface area contributed by atoms with Crippen LogP contribution < -0.4 is 15.1 Å². The van der Waals surface area contributed by atoms with Gasteiger partial charge in [-0.25, -0.2) is 4.85 Å². The number of hydrogen-bond acceptors (Lipinski definition) is 3. The quantitative estimate of drug-likeness (QED) is 0.651. The van der Waals surface area contributed by atoms with E-state index in [1.807, 2.05) is 18.2 Å². The molecule has 3 rings (SSSR count). The van der Waals surface area contributed by atoms with Crippen molar-refractivity contribution in [3.8, 4) is 5.75 Å². The maximum atomic E-state index is 13.3. The van der Waals surface area contributed by atoms with E-state index in [9.17, 15) is 9.67 Å².